The van der Waals surface area contributed by atoms with Crippen molar-refractivity contribution in [2.45, 2.75) is 37.4 Å². The predicted molar refractivity (Wildman–Crippen MR) is 119 cm³/mol. The van der Waals surface area contributed by atoms with E-state index in [9.17, 15) is 9.59 Å². The number of para-hydroxylation sites is 2. The molecule has 1 aliphatic rings. The summed E-state index contributed by atoms with van der Waals surface area (Å²) in [6.07, 6.45) is 2.12. The van der Waals surface area contributed by atoms with E-state index in [4.69, 9.17) is 4.74 Å². The third kappa shape index (κ3) is 4.91. The van der Waals surface area contributed by atoms with Gasteiger partial charge in [-0.3, -0.25) is 14.2 Å². The Balaban J connectivity index is 1.52. The summed E-state index contributed by atoms with van der Waals surface area (Å²) in [7, 11) is 0. The van der Waals surface area contributed by atoms with Gasteiger partial charge in [0.15, 0.2) is 5.03 Å². The summed E-state index contributed by atoms with van der Waals surface area (Å²) in [6.45, 7) is 3.77. The molecule has 156 valence electrons. The highest BCUT2D eigenvalue weighted by Crippen LogP contribution is 2.18. The predicted octanol–water partition coefficient (Wildman–Crippen LogP) is 3.14. The average molecular weight is 424 g/mol. The fraction of sp³-hybridized carbons (Fsp3) is 0.348. The smallest absolute Gasteiger partial charge is 0.283 e. The minimum Gasteiger partial charge on any atom is -0.376 e. The first-order chi connectivity index (χ1) is 14.6. The van der Waals surface area contributed by atoms with Gasteiger partial charge in [0.05, 0.1) is 29.4 Å². The average Bonchev–Trinajstić information content (AvgIpc) is 3.28. The maximum Gasteiger partial charge on any atom is 0.283 e. The van der Waals surface area contributed by atoms with Crippen LogP contribution in [-0.4, -0.2) is 40.5 Å². The Morgan fingerprint density at radius 2 is 2.03 bits per heavy atom. The topological polar surface area (TPSA) is 73.2 Å². The van der Waals surface area contributed by atoms with Crippen molar-refractivity contribution in [1.29, 1.82) is 0 Å². The van der Waals surface area contributed by atoms with Crippen molar-refractivity contribution in [2.24, 2.45) is 0 Å². The van der Waals surface area contributed by atoms with Crippen molar-refractivity contribution in [3.63, 3.8) is 0 Å². The number of rotatable bonds is 7. The molecule has 0 spiro atoms. The Bertz CT molecular complexity index is 1090. The highest BCUT2D eigenvalue weighted by atomic mass is 32.2. The van der Waals surface area contributed by atoms with Gasteiger partial charge in [-0.05, 0) is 37.5 Å². The van der Waals surface area contributed by atoms with Crippen molar-refractivity contribution in [2.75, 3.05) is 18.9 Å². The molecule has 0 aliphatic carbocycles. The van der Waals surface area contributed by atoms with Crippen LogP contribution in [0.25, 0.3) is 11.0 Å². The molecule has 1 N–H and O–H groups in total. The number of aryl methyl sites for hydroxylation is 1. The van der Waals surface area contributed by atoms with E-state index in [-0.39, 0.29) is 23.3 Å². The van der Waals surface area contributed by atoms with Crippen LogP contribution in [-0.2, 0) is 16.1 Å². The second-order valence-electron chi connectivity index (χ2n) is 7.51. The molecule has 1 aliphatic heterocycles. The summed E-state index contributed by atoms with van der Waals surface area (Å²) < 4.78 is 7.26. The van der Waals surface area contributed by atoms with Crippen molar-refractivity contribution >= 4 is 28.7 Å². The molecule has 0 bridgehead atoms. The zero-order chi connectivity index (χ0) is 20.9. The molecule has 0 saturated carbocycles. The van der Waals surface area contributed by atoms with Crippen LogP contribution in [0, 0.1) is 6.92 Å². The Morgan fingerprint density at radius 3 is 2.80 bits per heavy atom. The van der Waals surface area contributed by atoms with Gasteiger partial charge in [-0.15, -0.1) is 0 Å². The molecular formula is C23H25N3O3S. The van der Waals surface area contributed by atoms with Crippen LogP contribution in [0.3, 0.4) is 0 Å². The molecular weight excluding hydrogens is 398 g/mol. The molecule has 7 heteroatoms. The van der Waals surface area contributed by atoms with Crippen molar-refractivity contribution in [3.8, 4) is 0 Å². The number of amides is 1. The SMILES string of the molecule is Cc1ccc(Cn2c(=O)c(SCC(=O)NC[C@H]3CCCO3)nc3ccccc32)cc1. The Kier molecular flexibility index (Phi) is 6.50. The van der Waals surface area contributed by atoms with Crippen LogP contribution in [0.4, 0.5) is 0 Å². The summed E-state index contributed by atoms with van der Waals surface area (Å²) in [5, 5.41) is 3.23. The number of carbonyl (C=O) groups excluding carboxylic acids is 1. The number of nitrogens with zero attached hydrogens (tertiary/aromatic N) is 2. The van der Waals surface area contributed by atoms with Gasteiger partial charge in [-0.25, -0.2) is 4.98 Å². The molecule has 1 amide bonds. The second-order valence-corrected chi connectivity index (χ2v) is 8.47. The first kappa shape index (κ1) is 20.6. The lowest BCUT2D eigenvalue weighted by Crippen LogP contribution is -2.33. The lowest BCUT2D eigenvalue weighted by molar-refractivity contribution is -0.119. The van der Waals surface area contributed by atoms with Gasteiger partial charge in [0, 0.05) is 13.2 Å². The first-order valence-electron chi connectivity index (χ1n) is 10.2. The third-order valence-electron chi connectivity index (χ3n) is 5.17. The number of thioether (sulfide) groups is 1. The molecule has 2 aromatic carbocycles. The summed E-state index contributed by atoms with van der Waals surface area (Å²) >= 11 is 1.18. The van der Waals surface area contributed by atoms with E-state index >= 15 is 0 Å². The number of benzene rings is 2. The van der Waals surface area contributed by atoms with Crippen LogP contribution in [0.1, 0.15) is 24.0 Å². The molecule has 30 heavy (non-hydrogen) atoms. The van der Waals surface area contributed by atoms with E-state index in [0.717, 1.165) is 36.0 Å². The van der Waals surface area contributed by atoms with Gasteiger partial charge in [-0.2, -0.15) is 0 Å². The molecule has 1 aromatic heterocycles. The zero-order valence-electron chi connectivity index (χ0n) is 17.0. The van der Waals surface area contributed by atoms with Crippen LogP contribution < -0.4 is 10.9 Å². The van der Waals surface area contributed by atoms with Crippen LogP contribution in [0.2, 0.25) is 0 Å². The van der Waals surface area contributed by atoms with E-state index in [2.05, 4.69) is 10.3 Å². The van der Waals surface area contributed by atoms with E-state index in [1.54, 1.807) is 4.57 Å². The Morgan fingerprint density at radius 1 is 1.23 bits per heavy atom. The van der Waals surface area contributed by atoms with E-state index in [1.807, 2.05) is 55.5 Å². The summed E-state index contributed by atoms with van der Waals surface area (Å²) in [4.78, 5) is 29.9. The number of fused-ring (bicyclic) bond motifs is 1. The largest absolute Gasteiger partial charge is 0.376 e. The Labute approximate surface area is 179 Å². The summed E-state index contributed by atoms with van der Waals surface area (Å²) in [5.74, 6) is 0.0348. The molecule has 1 saturated heterocycles. The molecule has 1 atom stereocenters. The van der Waals surface area contributed by atoms with Gasteiger partial charge >= 0.3 is 0 Å². The van der Waals surface area contributed by atoms with Crippen molar-refractivity contribution < 1.29 is 9.53 Å². The minimum absolute atomic E-state index is 0.101. The standard InChI is InChI=1S/C23H25N3O3S/c1-16-8-10-17(11-9-16)14-26-20-7-3-2-6-19(20)25-22(23(26)28)30-15-21(27)24-13-18-5-4-12-29-18/h2-3,6-11,18H,4-5,12-15H2,1H3,(H,24,27)/t18-/m1/s1. The maximum absolute atomic E-state index is 13.2. The molecule has 2 heterocycles. The molecule has 0 unspecified atom stereocenters. The number of hydrogen-bond acceptors (Lipinski definition) is 5. The van der Waals surface area contributed by atoms with E-state index in [0.29, 0.717) is 18.1 Å². The first-order valence-corrected chi connectivity index (χ1v) is 11.1. The lowest BCUT2D eigenvalue weighted by Gasteiger charge is -2.13. The fourth-order valence-electron chi connectivity index (χ4n) is 3.51. The second kappa shape index (κ2) is 9.45. The minimum atomic E-state index is -0.175. The van der Waals surface area contributed by atoms with Crippen molar-refractivity contribution in [3.05, 3.63) is 70.0 Å². The number of hydrogen-bond donors (Lipinski definition) is 1. The Hall–Kier alpha value is -2.64. The van der Waals surface area contributed by atoms with Gasteiger partial charge in [0.2, 0.25) is 5.91 Å². The fourth-order valence-corrected chi connectivity index (χ4v) is 4.28. The van der Waals surface area contributed by atoms with Gasteiger partial charge in [0.25, 0.3) is 5.56 Å². The quantitative estimate of drug-likeness (QED) is 0.591. The highest BCUT2D eigenvalue weighted by Gasteiger charge is 2.17. The maximum atomic E-state index is 13.2. The molecule has 4 rings (SSSR count). The van der Waals surface area contributed by atoms with E-state index in [1.165, 1.54) is 17.3 Å². The number of aromatic nitrogens is 2. The number of ether oxygens (including phenoxy) is 1. The molecule has 0 radical (unpaired) electrons. The zero-order valence-corrected chi connectivity index (χ0v) is 17.8. The lowest BCUT2D eigenvalue weighted by atomic mass is 10.1. The molecule has 3 aromatic rings. The van der Waals surface area contributed by atoms with E-state index < -0.39 is 0 Å². The van der Waals surface area contributed by atoms with Crippen LogP contribution in [0.15, 0.2) is 58.4 Å². The van der Waals surface area contributed by atoms with Gasteiger partial charge in [0.1, 0.15) is 0 Å². The number of carbonyl (C=O) groups is 1. The molecule has 6 nitrogen and oxygen atoms in total. The van der Waals surface area contributed by atoms with Crippen LogP contribution >= 0.6 is 11.8 Å². The highest BCUT2D eigenvalue weighted by molar-refractivity contribution is 7.99. The summed E-state index contributed by atoms with van der Waals surface area (Å²) in [6, 6.07) is 15.7. The monoisotopic (exact) mass is 423 g/mol. The van der Waals surface area contributed by atoms with Crippen molar-refractivity contribution in [1.82, 2.24) is 14.9 Å². The molecule has 1 fully saturated rings. The normalized spacial score (nSPS) is 16.1. The third-order valence-corrected chi connectivity index (χ3v) is 6.12. The van der Waals surface area contributed by atoms with Crippen LogP contribution in [0.5, 0.6) is 0 Å². The number of nitrogens with one attached hydrogen (secondary N) is 1. The van der Waals surface area contributed by atoms with Gasteiger partial charge in [-0.1, -0.05) is 53.7 Å². The van der Waals surface area contributed by atoms with Gasteiger partial charge < -0.3 is 10.1 Å². The summed E-state index contributed by atoms with van der Waals surface area (Å²) in [5.41, 5.74) is 3.58.